The zero-order chi connectivity index (χ0) is 13.7. The number of morpholine rings is 1. The molecule has 0 aromatic heterocycles. The Morgan fingerprint density at radius 1 is 1.16 bits per heavy atom. The Morgan fingerprint density at radius 2 is 1.79 bits per heavy atom. The van der Waals surface area contributed by atoms with Crippen LogP contribution in [0.15, 0.2) is 30.3 Å². The van der Waals surface area contributed by atoms with Crippen LogP contribution in [-0.2, 0) is 4.74 Å². The zero-order valence-corrected chi connectivity index (χ0v) is 11.7. The van der Waals surface area contributed by atoms with Gasteiger partial charge in [0.05, 0.1) is 25.2 Å². The standard InChI is InChI=1S/C16H22N2O/c1-13(2)16(18-8-10-19-11-9-18)15(12-17)14-6-4-3-5-7-14/h3-7,13,15-16H,8-11H2,1-2H3. The molecule has 0 bridgehead atoms. The van der Waals surface area contributed by atoms with Gasteiger partial charge in [0.15, 0.2) is 0 Å². The van der Waals surface area contributed by atoms with Gasteiger partial charge >= 0.3 is 0 Å². The molecule has 102 valence electrons. The van der Waals surface area contributed by atoms with Crippen molar-refractivity contribution in [2.75, 3.05) is 26.3 Å². The summed E-state index contributed by atoms with van der Waals surface area (Å²) in [6, 6.07) is 12.9. The molecule has 1 aliphatic heterocycles. The minimum absolute atomic E-state index is 0.0701. The quantitative estimate of drug-likeness (QED) is 0.833. The van der Waals surface area contributed by atoms with Crippen molar-refractivity contribution in [1.29, 1.82) is 5.26 Å². The summed E-state index contributed by atoms with van der Waals surface area (Å²) in [4.78, 5) is 2.41. The summed E-state index contributed by atoms with van der Waals surface area (Å²) in [5.41, 5.74) is 1.12. The van der Waals surface area contributed by atoms with Gasteiger partial charge in [-0.1, -0.05) is 44.2 Å². The molecule has 0 aliphatic carbocycles. The van der Waals surface area contributed by atoms with E-state index in [0.29, 0.717) is 5.92 Å². The molecule has 3 nitrogen and oxygen atoms in total. The number of hydrogen-bond acceptors (Lipinski definition) is 3. The molecule has 0 spiro atoms. The molecule has 2 unspecified atom stereocenters. The number of hydrogen-bond donors (Lipinski definition) is 0. The van der Waals surface area contributed by atoms with Gasteiger partial charge in [-0.05, 0) is 11.5 Å². The maximum atomic E-state index is 9.62. The third kappa shape index (κ3) is 3.34. The lowest BCUT2D eigenvalue weighted by Gasteiger charge is -2.39. The molecule has 0 amide bonds. The minimum atomic E-state index is -0.0701. The Kier molecular flexibility index (Phi) is 4.95. The van der Waals surface area contributed by atoms with Crippen LogP contribution in [0.5, 0.6) is 0 Å². The van der Waals surface area contributed by atoms with Gasteiger partial charge in [0.25, 0.3) is 0 Å². The molecule has 3 heteroatoms. The molecule has 1 aliphatic rings. The summed E-state index contributed by atoms with van der Waals surface area (Å²) in [6.45, 7) is 7.80. The smallest absolute Gasteiger partial charge is 0.0870 e. The van der Waals surface area contributed by atoms with Gasteiger partial charge in [-0.25, -0.2) is 0 Å². The average molecular weight is 258 g/mol. The van der Waals surface area contributed by atoms with Crippen molar-refractivity contribution in [3.05, 3.63) is 35.9 Å². The molecule has 2 rings (SSSR count). The Balaban J connectivity index is 2.23. The number of ether oxygens (including phenoxy) is 1. The van der Waals surface area contributed by atoms with E-state index in [1.807, 2.05) is 18.2 Å². The van der Waals surface area contributed by atoms with Crippen molar-refractivity contribution >= 4 is 0 Å². The summed E-state index contributed by atoms with van der Waals surface area (Å²) in [5, 5.41) is 9.62. The number of benzene rings is 1. The van der Waals surface area contributed by atoms with Crippen LogP contribution >= 0.6 is 0 Å². The van der Waals surface area contributed by atoms with E-state index in [4.69, 9.17) is 4.74 Å². The normalized spacial score (nSPS) is 19.9. The summed E-state index contributed by atoms with van der Waals surface area (Å²) >= 11 is 0. The highest BCUT2D eigenvalue weighted by atomic mass is 16.5. The van der Waals surface area contributed by atoms with Gasteiger partial charge in [-0.3, -0.25) is 4.90 Å². The van der Waals surface area contributed by atoms with E-state index in [-0.39, 0.29) is 12.0 Å². The lowest BCUT2D eigenvalue weighted by Crippen LogP contribution is -2.48. The number of nitrogens with zero attached hydrogens (tertiary/aromatic N) is 2. The van der Waals surface area contributed by atoms with Gasteiger partial charge < -0.3 is 4.74 Å². The molecule has 1 saturated heterocycles. The molecule has 0 radical (unpaired) electrons. The van der Waals surface area contributed by atoms with Crippen molar-refractivity contribution in [1.82, 2.24) is 4.90 Å². The Labute approximate surface area is 115 Å². The van der Waals surface area contributed by atoms with E-state index in [9.17, 15) is 5.26 Å². The first-order valence-corrected chi connectivity index (χ1v) is 7.00. The predicted molar refractivity (Wildman–Crippen MR) is 75.8 cm³/mol. The van der Waals surface area contributed by atoms with Crippen molar-refractivity contribution in [3.8, 4) is 6.07 Å². The van der Waals surface area contributed by atoms with Gasteiger partial charge in [0.1, 0.15) is 0 Å². The summed E-state index contributed by atoms with van der Waals surface area (Å²) in [7, 11) is 0. The third-order valence-corrected chi connectivity index (χ3v) is 3.79. The molecule has 1 fully saturated rings. The highest BCUT2D eigenvalue weighted by Gasteiger charge is 2.32. The van der Waals surface area contributed by atoms with Gasteiger partial charge in [-0.2, -0.15) is 5.26 Å². The predicted octanol–water partition coefficient (Wildman–Crippen LogP) is 2.65. The second-order valence-electron chi connectivity index (χ2n) is 5.40. The highest BCUT2D eigenvalue weighted by Crippen LogP contribution is 2.28. The van der Waals surface area contributed by atoms with Crippen LogP contribution in [0.2, 0.25) is 0 Å². The van der Waals surface area contributed by atoms with E-state index in [1.165, 1.54) is 0 Å². The topological polar surface area (TPSA) is 36.3 Å². The van der Waals surface area contributed by atoms with E-state index in [1.54, 1.807) is 0 Å². The third-order valence-electron chi connectivity index (χ3n) is 3.79. The monoisotopic (exact) mass is 258 g/mol. The first-order valence-electron chi connectivity index (χ1n) is 7.00. The van der Waals surface area contributed by atoms with Crippen LogP contribution in [0.4, 0.5) is 0 Å². The van der Waals surface area contributed by atoms with Crippen LogP contribution in [0, 0.1) is 17.2 Å². The van der Waals surface area contributed by atoms with Crippen LogP contribution < -0.4 is 0 Å². The van der Waals surface area contributed by atoms with Crippen molar-refractivity contribution in [2.45, 2.75) is 25.8 Å². The van der Waals surface area contributed by atoms with Gasteiger partial charge in [0, 0.05) is 19.1 Å². The maximum absolute atomic E-state index is 9.62. The molecular weight excluding hydrogens is 236 g/mol. The molecule has 2 atom stereocenters. The number of nitriles is 1. The van der Waals surface area contributed by atoms with Crippen LogP contribution in [0.25, 0.3) is 0 Å². The molecule has 0 saturated carbocycles. The second-order valence-corrected chi connectivity index (χ2v) is 5.40. The van der Waals surface area contributed by atoms with Gasteiger partial charge in [0.2, 0.25) is 0 Å². The summed E-state index contributed by atoms with van der Waals surface area (Å²) < 4.78 is 5.42. The summed E-state index contributed by atoms with van der Waals surface area (Å²) in [6.07, 6.45) is 0. The van der Waals surface area contributed by atoms with Crippen LogP contribution in [0.3, 0.4) is 0 Å². The molecule has 19 heavy (non-hydrogen) atoms. The fourth-order valence-corrected chi connectivity index (χ4v) is 2.90. The minimum Gasteiger partial charge on any atom is -0.379 e. The SMILES string of the molecule is CC(C)C(C(C#N)c1ccccc1)N1CCOCC1. The van der Waals surface area contributed by atoms with E-state index >= 15 is 0 Å². The summed E-state index contributed by atoms with van der Waals surface area (Å²) in [5.74, 6) is 0.377. The van der Waals surface area contributed by atoms with Crippen LogP contribution in [0.1, 0.15) is 25.3 Å². The zero-order valence-electron chi connectivity index (χ0n) is 11.7. The van der Waals surface area contributed by atoms with E-state index in [2.05, 4.69) is 36.9 Å². The lowest BCUT2D eigenvalue weighted by molar-refractivity contribution is 0.00327. The Bertz CT molecular complexity index is 418. The maximum Gasteiger partial charge on any atom is 0.0870 e. The largest absolute Gasteiger partial charge is 0.379 e. The second kappa shape index (κ2) is 6.70. The van der Waals surface area contributed by atoms with Crippen LogP contribution in [-0.4, -0.2) is 37.2 Å². The molecule has 1 aromatic carbocycles. The fraction of sp³-hybridized carbons (Fsp3) is 0.562. The molecule has 0 N–H and O–H groups in total. The highest BCUT2D eigenvalue weighted by molar-refractivity contribution is 5.27. The van der Waals surface area contributed by atoms with Crippen molar-refractivity contribution in [3.63, 3.8) is 0 Å². The Morgan fingerprint density at radius 3 is 2.32 bits per heavy atom. The first-order chi connectivity index (χ1) is 9.24. The van der Waals surface area contributed by atoms with Crippen molar-refractivity contribution < 1.29 is 4.74 Å². The van der Waals surface area contributed by atoms with E-state index in [0.717, 1.165) is 31.9 Å². The number of rotatable bonds is 4. The Hall–Kier alpha value is -1.37. The molecule has 1 heterocycles. The fourth-order valence-electron chi connectivity index (χ4n) is 2.90. The molecule has 1 aromatic rings. The average Bonchev–Trinajstić information content (AvgIpc) is 2.46. The lowest BCUT2D eigenvalue weighted by atomic mass is 9.84. The molecular formula is C16H22N2O. The van der Waals surface area contributed by atoms with Gasteiger partial charge in [-0.15, -0.1) is 0 Å². The van der Waals surface area contributed by atoms with E-state index < -0.39 is 0 Å². The first kappa shape index (κ1) is 14.0. The van der Waals surface area contributed by atoms with Crippen molar-refractivity contribution in [2.24, 2.45) is 5.92 Å².